The Morgan fingerprint density at radius 2 is 1.34 bits per heavy atom. The highest BCUT2D eigenvalue weighted by molar-refractivity contribution is 6.11. The van der Waals surface area contributed by atoms with Crippen LogP contribution in [0.15, 0.2) is 118 Å². The van der Waals surface area contributed by atoms with E-state index in [2.05, 4.69) is 48.6 Å². The zero-order valence-electron chi connectivity index (χ0n) is 20.3. The van der Waals surface area contributed by atoms with Crippen molar-refractivity contribution in [2.75, 3.05) is 0 Å². The first kappa shape index (κ1) is 21.1. The summed E-state index contributed by atoms with van der Waals surface area (Å²) in [5, 5.41) is 4.19. The van der Waals surface area contributed by atoms with E-state index in [-0.39, 0.29) is 5.92 Å². The van der Waals surface area contributed by atoms with E-state index < -0.39 is 0 Å². The molecule has 7 aromatic rings. The number of hydrogen-bond acceptors (Lipinski definition) is 5. The van der Waals surface area contributed by atoms with Crippen LogP contribution in [0.1, 0.15) is 18.2 Å². The third-order valence-corrected chi connectivity index (χ3v) is 7.24. The molecule has 3 aromatic heterocycles. The molecule has 1 atom stereocenters. The summed E-state index contributed by atoms with van der Waals surface area (Å²) in [6.45, 7) is 0. The molecule has 180 valence electrons. The molecule has 1 aliphatic carbocycles. The summed E-state index contributed by atoms with van der Waals surface area (Å²) in [6, 6.07) is 28.4. The lowest BCUT2D eigenvalue weighted by molar-refractivity contribution is 0.668. The molecule has 1 unspecified atom stereocenters. The van der Waals surface area contributed by atoms with Crippen molar-refractivity contribution < 1.29 is 8.83 Å². The van der Waals surface area contributed by atoms with Crippen LogP contribution >= 0.6 is 0 Å². The molecule has 0 spiro atoms. The Bertz CT molecular complexity index is 2080. The lowest BCUT2D eigenvalue weighted by Crippen LogP contribution is -2.08. The number of para-hydroxylation sites is 2. The van der Waals surface area contributed by atoms with Gasteiger partial charge in [0, 0.05) is 38.6 Å². The highest BCUT2D eigenvalue weighted by atomic mass is 16.3. The second-order valence-electron chi connectivity index (χ2n) is 9.58. The Balaban J connectivity index is 1.38. The summed E-state index contributed by atoms with van der Waals surface area (Å²) < 4.78 is 12.2. The number of aromatic nitrogens is 3. The van der Waals surface area contributed by atoms with Crippen molar-refractivity contribution in [2.45, 2.75) is 12.3 Å². The van der Waals surface area contributed by atoms with Gasteiger partial charge in [-0.3, -0.25) is 0 Å². The first-order valence-electron chi connectivity index (χ1n) is 12.7. The van der Waals surface area contributed by atoms with Gasteiger partial charge in [0.1, 0.15) is 28.2 Å². The zero-order valence-corrected chi connectivity index (χ0v) is 20.3. The van der Waals surface area contributed by atoms with Crippen LogP contribution in [0.4, 0.5) is 0 Å². The van der Waals surface area contributed by atoms with Crippen LogP contribution in [0.25, 0.3) is 66.7 Å². The van der Waals surface area contributed by atoms with Gasteiger partial charge in [-0.25, -0.2) is 15.0 Å². The number of hydrogen-bond donors (Lipinski definition) is 0. The fourth-order valence-electron chi connectivity index (χ4n) is 5.41. The molecule has 0 bridgehead atoms. The molecule has 8 rings (SSSR count). The molecule has 0 fully saturated rings. The standard InChI is InChI=1S/C33H21N3O2/c1-2-9-20(10-3-1)31-34-32(21-17-18-28-25(19-21)22-11-4-6-14-26(22)37-28)36-33(35-31)24-13-8-16-29-30(24)23-12-5-7-15-27(23)38-29/h1-9,11-20H,10H2. The predicted molar refractivity (Wildman–Crippen MR) is 151 cm³/mol. The second-order valence-corrected chi connectivity index (χ2v) is 9.58. The van der Waals surface area contributed by atoms with Gasteiger partial charge in [0.2, 0.25) is 0 Å². The SMILES string of the molecule is C1=CCC(c2nc(-c3ccc4oc5ccccc5c4c3)nc(-c3cccc4oc5ccccc5c34)n2)C=C1. The highest BCUT2D eigenvalue weighted by Crippen LogP contribution is 2.37. The predicted octanol–water partition coefficient (Wildman–Crippen LogP) is 8.60. The fraction of sp³-hybridized carbons (Fsp3) is 0.0606. The molecular weight excluding hydrogens is 470 g/mol. The quantitative estimate of drug-likeness (QED) is 0.248. The van der Waals surface area contributed by atoms with Gasteiger partial charge < -0.3 is 8.83 Å². The van der Waals surface area contributed by atoms with Crippen molar-refractivity contribution in [3.63, 3.8) is 0 Å². The molecule has 38 heavy (non-hydrogen) atoms. The number of fused-ring (bicyclic) bond motifs is 6. The minimum Gasteiger partial charge on any atom is -0.456 e. The van der Waals surface area contributed by atoms with Gasteiger partial charge >= 0.3 is 0 Å². The number of allylic oxidation sites excluding steroid dienone is 4. The maximum atomic E-state index is 6.15. The molecule has 0 aliphatic heterocycles. The van der Waals surface area contributed by atoms with E-state index in [4.69, 9.17) is 23.8 Å². The molecule has 1 aliphatic rings. The van der Waals surface area contributed by atoms with Crippen molar-refractivity contribution in [1.29, 1.82) is 0 Å². The summed E-state index contributed by atoms with van der Waals surface area (Å²) in [5.74, 6) is 2.12. The molecule has 5 nitrogen and oxygen atoms in total. The largest absolute Gasteiger partial charge is 0.456 e. The first-order chi connectivity index (χ1) is 18.8. The van der Waals surface area contributed by atoms with Crippen LogP contribution in [0.2, 0.25) is 0 Å². The summed E-state index contributed by atoms with van der Waals surface area (Å²) in [7, 11) is 0. The van der Waals surface area contributed by atoms with Crippen LogP contribution in [-0.4, -0.2) is 15.0 Å². The Morgan fingerprint density at radius 1 is 0.605 bits per heavy atom. The first-order valence-corrected chi connectivity index (χ1v) is 12.7. The maximum Gasteiger partial charge on any atom is 0.164 e. The zero-order chi connectivity index (χ0) is 25.1. The van der Waals surface area contributed by atoms with E-state index in [0.29, 0.717) is 11.6 Å². The van der Waals surface area contributed by atoms with Gasteiger partial charge in [-0.05, 0) is 42.8 Å². The average Bonchev–Trinajstić information content (AvgIpc) is 3.55. The number of nitrogens with zero attached hydrogens (tertiary/aromatic N) is 3. The van der Waals surface area contributed by atoms with Gasteiger partial charge in [-0.15, -0.1) is 0 Å². The Labute approximate surface area is 217 Å². The molecule has 0 saturated carbocycles. The van der Waals surface area contributed by atoms with Crippen LogP contribution in [0, 0.1) is 0 Å². The van der Waals surface area contributed by atoms with Gasteiger partial charge in [0.15, 0.2) is 11.6 Å². The summed E-state index contributed by atoms with van der Waals surface area (Å²) in [6.07, 6.45) is 9.29. The molecule has 0 saturated heterocycles. The topological polar surface area (TPSA) is 65.0 Å². The van der Waals surface area contributed by atoms with Gasteiger partial charge in [0.05, 0.1) is 0 Å². The van der Waals surface area contributed by atoms with E-state index in [1.54, 1.807) is 0 Å². The lowest BCUT2D eigenvalue weighted by Gasteiger charge is -2.14. The van der Waals surface area contributed by atoms with Crippen LogP contribution < -0.4 is 0 Å². The summed E-state index contributed by atoms with van der Waals surface area (Å²) >= 11 is 0. The molecule has 0 N–H and O–H groups in total. The Hall–Kier alpha value is -5.03. The third kappa shape index (κ3) is 3.29. The number of benzene rings is 4. The fourth-order valence-corrected chi connectivity index (χ4v) is 5.41. The molecule has 0 radical (unpaired) electrons. The van der Waals surface area contributed by atoms with Crippen molar-refractivity contribution in [2.24, 2.45) is 0 Å². The molecule has 3 heterocycles. The van der Waals surface area contributed by atoms with Gasteiger partial charge in [0.25, 0.3) is 0 Å². The molecule has 4 aromatic carbocycles. The number of rotatable bonds is 3. The van der Waals surface area contributed by atoms with Crippen molar-refractivity contribution >= 4 is 43.9 Å². The van der Waals surface area contributed by atoms with E-state index in [0.717, 1.165) is 67.2 Å². The monoisotopic (exact) mass is 491 g/mol. The smallest absolute Gasteiger partial charge is 0.164 e. The van der Waals surface area contributed by atoms with Crippen LogP contribution in [0.3, 0.4) is 0 Å². The van der Waals surface area contributed by atoms with E-state index in [1.165, 1.54) is 0 Å². The lowest BCUT2D eigenvalue weighted by atomic mass is 9.99. The van der Waals surface area contributed by atoms with Crippen molar-refractivity contribution in [3.8, 4) is 22.8 Å². The van der Waals surface area contributed by atoms with Crippen LogP contribution in [0.5, 0.6) is 0 Å². The Kier molecular flexibility index (Phi) is 4.58. The van der Waals surface area contributed by atoms with E-state index in [1.807, 2.05) is 60.7 Å². The summed E-state index contributed by atoms with van der Waals surface area (Å²) in [5.41, 5.74) is 5.24. The van der Waals surface area contributed by atoms with E-state index >= 15 is 0 Å². The van der Waals surface area contributed by atoms with E-state index in [9.17, 15) is 0 Å². The van der Waals surface area contributed by atoms with Crippen molar-refractivity contribution in [1.82, 2.24) is 15.0 Å². The second kappa shape index (κ2) is 8.25. The maximum absolute atomic E-state index is 6.15. The van der Waals surface area contributed by atoms with Gasteiger partial charge in [-0.2, -0.15) is 0 Å². The minimum absolute atomic E-state index is 0.0827. The van der Waals surface area contributed by atoms with Crippen LogP contribution in [-0.2, 0) is 0 Å². The summed E-state index contributed by atoms with van der Waals surface area (Å²) in [4.78, 5) is 15.1. The molecular formula is C33H21N3O2. The minimum atomic E-state index is 0.0827. The Morgan fingerprint density at radius 3 is 2.21 bits per heavy atom. The molecule has 0 amide bonds. The molecule has 5 heteroatoms. The third-order valence-electron chi connectivity index (χ3n) is 7.24. The highest BCUT2D eigenvalue weighted by Gasteiger charge is 2.20. The normalized spacial score (nSPS) is 15.3. The van der Waals surface area contributed by atoms with Gasteiger partial charge in [-0.1, -0.05) is 72.8 Å². The van der Waals surface area contributed by atoms with Crippen molar-refractivity contribution in [3.05, 3.63) is 115 Å². The average molecular weight is 492 g/mol. The number of furan rings is 2.